The van der Waals surface area contributed by atoms with E-state index in [-0.39, 0.29) is 6.04 Å². The van der Waals surface area contributed by atoms with E-state index in [0.717, 1.165) is 25.9 Å². The molecule has 0 aromatic heterocycles. The average molecular weight is 213 g/mol. The van der Waals surface area contributed by atoms with Gasteiger partial charge in [0, 0.05) is 6.54 Å². The summed E-state index contributed by atoms with van der Waals surface area (Å²) in [7, 11) is 0. The minimum atomic E-state index is -0.649. The molecule has 1 heterocycles. The Labute approximate surface area is 92.5 Å². The van der Waals surface area contributed by atoms with E-state index in [0.29, 0.717) is 11.8 Å². The largest absolute Gasteiger partial charge is 0.480 e. The lowest BCUT2D eigenvalue weighted by molar-refractivity contribution is -0.142. The predicted molar refractivity (Wildman–Crippen MR) is 60.8 cm³/mol. The molecule has 0 aliphatic carbocycles. The van der Waals surface area contributed by atoms with Gasteiger partial charge in [0.2, 0.25) is 0 Å². The molecule has 1 aliphatic rings. The molecule has 2 atom stereocenters. The minimum Gasteiger partial charge on any atom is -0.480 e. The molecule has 1 aliphatic heterocycles. The molecule has 0 saturated carbocycles. The van der Waals surface area contributed by atoms with E-state index in [9.17, 15) is 4.79 Å². The first kappa shape index (κ1) is 12.5. The molecule has 1 unspecified atom stereocenters. The van der Waals surface area contributed by atoms with Crippen molar-refractivity contribution in [2.24, 2.45) is 11.8 Å². The summed E-state index contributed by atoms with van der Waals surface area (Å²) >= 11 is 0. The molecule has 15 heavy (non-hydrogen) atoms. The molecule has 88 valence electrons. The topological polar surface area (TPSA) is 40.5 Å². The lowest BCUT2D eigenvalue weighted by atomic mass is 9.98. The Morgan fingerprint density at radius 2 is 2.13 bits per heavy atom. The summed E-state index contributed by atoms with van der Waals surface area (Å²) in [5.41, 5.74) is 0. The van der Waals surface area contributed by atoms with Crippen LogP contribution in [0.15, 0.2) is 0 Å². The molecule has 0 spiro atoms. The highest BCUT2D eigenvalue weighted by molar-refractivity contribution is 5.73. The van der Waals surface area contributed by atoms with Gasteiger partial charge in [0.15, 0.2) is 0 Å². The number of carboxylic acid groups (broad SMARTS) is 1. The van der Waals surface area contributed by atoms with Crippen LogP contribution in [-0.2, 0) is 4.79 Å². The molecule has 1 rings (SSSR count). The number of hydrogen-bond acceptors (Lipinski definition) is 2. The Balaban J connectivity index is 2.39. The zero-order valence-electron chi connectivity index (χ0n) is 10.1. The lowest BCUT2D eigenvalue weighted by Gasteiger charge is -2.25. The van der Waals surface area contributed by atoms with Gasteiger partial charge < -0.3 is 5.11 Å². The molecule has 0 radical (unpaired) electrons. The standard InChI is InChI=1S/C12H23NO2/c1-9(2)7-10(3)8-13-6-4-5-11(13)12(14)15/h9-11H,4-8H2,1-3H3,(H,14,15)/t10?,11-/m0/s1. The zero-order valence-corrected chi connectivity index (χ0v) is 10.1. The van der Waals surface area contributed by atoms with Gasteiger partial charge in [0.05, 0.1) is 0 Å². The van der Waals surface area contributed by atoms with Crippen LogP contribution >= 0.6 is 0 Å². The fourth-order valence-electron chi connectivity index (χ4n) is 2.60. The summed E-state index contributed by atoms with van der Waals surface area (Å²) < 4.78 is 0. The van der Waals surface area contributed by atoms with Crippen molar-refractivity contribution in [1.29, 1.82) is 0 Å². The summed E-state index contributed by atoms with van der Waals surface area (Å²) in [4.78, 5) is 13.1. The van der Waals surface area contributed by atoms with Gasteiger partial charge in [-0.15, -0.1) is 0 Å². The highest BCUT2D eigenvalue weighted by Crippen LogP contribution is 2.21. The van der Waals surface area contributed by atoms with Gasteiger partial charge in [-0.3, -0.25) is 9.69 Å². The van der Waals surface area contributed by atoms with Crippen LogP contribution in [0.3, 0.4) is 0 Å². The van der Waals surface area contributed by atoms with Gasteiger partial charge in [-0.1, -0.05) is 20.8 Å². The number of likely N-dealkylation sites (tertiary alicyclic amines) is 1. The number of hydrogen-bond donors (Lipinski definition) is 1. The number of carboxylic acids is 1. The number of nitrogens with zero attached hydrogens (tertiary/aromatic N) is 1. The molecule has 0 amide bonds. The number of aliphatic carboxylic acids is 1. The Morgan fingerprint density at radius 1 is 1.47 bits per heavy atom. The molecule has 1 fully saturated rings. The lowest BCUT2D eigenvalue weighted by Crippen LogP contribution is -2.38. The molecule has 1 N–H and O–H groups in total. The van der Waals surface area contributed by atoms with Crippen molar-refractivity contribution in [2.45, 2.75) is 46.1 Å². The smallest absolute Gasteiger partial charge is 0.320 e. The van der Waals surface area contributed by atoms with Gasteiger partial charge >= 0.3 is 5.97 Å². The summed E-state index contributed by atoms with van der Waals surface area (Å²) in [5, 5.41) is 9.04. The Hall–Kier alpha value is -0.570. The van der Waals surface area contributed by atoms with E-state index in [1.807, 2.05) is 0 Å². The van der Waals surface area contributed by atoms with Gasteiger partial charge in [0.25, 0.3) is 0 Å². The van der Waals surface area contributed by atoms with Crippen LogP contribution in [0.1, 0.15) is 40.0 Å². The van der Waals surface area contributed by atoms with Crippen LogP contribution in [0.25, 0.3) is 0 Å². The summed E-state index contributed by atoms with van der Waals surface area (Å²) in [6, 6.07) is -0.223. The van der Waals surface area contributed by atoms with Gasteiger partial charge in [-0.25, -0.2) is 0 Å². The normalized spacial score (nSPS) is 24.7. The van der Waals surface area contributed by atoms with Crippen LogP contribution in [0.4, 0.5) is 0 Å². The minimum absolute atomic E-state index is 0.223. The summed E-state index contributed by atoms with van der Waals surface area (Å²) in [6.07, 6.45) is 3.04. The van der Waals surface area contributed by atoms with E-state index < -0.39 is 5.97 Å². The van der Waals surface area contributed by atoms with Crippen molar-refractivity contribution in [3.63, 3.8) is 0 Å². The fourth-order valence-corrected chi connectivity index (χ4v) is 2.60. The third kappa shape index (κ3) is 3.82. The Kier molecular flexibility index (Phi) is 4.58. The second kappa shape index (κ2) is 5.50. The van der Waals surface area contributed by atoms with Crippen LogP contribution in [0.5, 0.6) is 0 Å². The molecule has 0 aromatic carbocycles. The Bertz CT molecular complexity index is 216. The quantitative estimate of drug-likeness (QED) is 0.761. The first-order valence-corrected chi connectivity index (χ1v) is 5.97. The highest BCUT2D eigenvalue weighted by atomic mass is 16.4. The van der Waals surface area contributed by atoms with Crippen molar-refractivity contribution in [1.82, 2.24) is 4.90 Å². The number of rotatable bonds is 5. The van der Waals surface area contributed by atoms with Gasteiger partial charge in [0.1, 0.15) is 6.04 Å². The van der Waals surface area contributed by atoms with Crippen LogP contribution in [0, 0.1) is 11.8 Å². The maximum atomic E-state index is 11.0. The maximum Gasteiger partial charge on any atom is 0.320 e. The molecule has 3 nitrogen and oxygen atoms in total. The highest BCUT2D eigenvalue weighted by Gasteiger charge is 2.30. The molecular formula is C12H23NO2. The van der Waals surface area contributed by atoms with Crippen molar-refractivity contribution < 1.29 is 9.90 Å². The molecule has 1 saturated heterocycles. The third-order valence-electron chi connectivity index (χ3n) is 3.07. The molecule has 0 bridgehead atoms. The first-order chi connectivity index (χ1) is 7.00. The summed E-state index contributed by atoms with van der Waals surface area (Å²) in [6.45, 7) is 8.55. The SMILES string of the molecule is CC(C)CC(C)CN1CCC[C@H]1C(=O)O. The monoisotopic (exact) mass is 213 g/mol. The van der Waals surface area contributed by atoms with E-state index in [1.165, 1.54) is 6.42 Å². The van der Waals surface area contributed by atoms with Crippen molar-refractivity contribution in [3.05, 3.63) is 0 Å². The van der Waals surface area contributed by atoms with E-state index in [1.54, 1.807) is 0 Å². The third-order valence-corrected chi connectivity index (χ3v) is 3.07. The Morgan fingerprint density at radius 3 is 2.67 bits per heavy atom. The fraction of sp³-hybridized carbons (Fsp3) is 0.917. The molecule has 3 heteroatoms. The second-order valence-electron chi connectivity index (χ2n) is 5.23. The van der Waals surface area contributed by atoms with Crippen LogP contribution in [0.2, 0.25) is 0 Å². The van der Waals surface area contributed by atoms with E-state index in [4.69, 9.17) is 5.11 Å². The first-order valence-electron chi connectivity index (χ1n) is 5.97. The zero-order chi connectivity index (χ0) is 11.4. The number of carbonyl (C=O) groups is 1. The summed E-state index contributed by atoms with van der Waals surface area (Å²) in [5.74, 6) is 0.653. The van der Waals surface area contributed by atoms with Crippen LogP contribution < -0.4 is 0 Å². The van der Waals surface area contributed by atoms with E-state index >= 15 is 0 Å². The van der Waals surface area contributed by atoms with Gasteiger partial charge in [-0.05, 0) is 37.6 Å². The average Bonchev–Trinajstić information content (AvgIpc) is 2.50. The van der Waals surface area contributed by atoms with E-state index in [2.05, 4.69) is 25.7 Å². The van der Waals surface area contributed by atoms with Gasteiger partial charge in [-0.2, -0.15) is 0 Å². The molecule has 0 aromatic rings. The van der Waals surface area contributed by atoms with Crippen molar-refractivity contribution >= 4 is 5.97 Å². The second-order valence-corrected chi connectivity index (χ2v) is 5.23. The van der Waals surface area contributed by atoms with Crippen molar-refractivity contribution in [2.75, 3.05) is 13.1 Å². The van der Waals surface area contributed by atoms with Crippen LogP contribution in [-0.4, -0.2) is 35.1 Å². The maximum absolute atomic E-state index is 11.0. The van der Waals surface area contributed by atoms with Crippen molar-refractivity contribution in [3.8, 4) is 0 Å². The predicted octanol–water partition coefficient (Wildman–Crippen LogP) is 2.22. The molecular weight excluding hydrogens is 190 g/mol.